The van der Waals surface area contributed by atoms with Crippen molar-refractivity contribution in [3.8, 4) is 22.2 Å². The van der Waals surface area contributed by atoms with Gasteiger partial charge in [0, 0.05) is 24.8 Å². The van der Waals surface area contributed by atoms with E-state index < -0.39 is 5.82 Å². The third-order valence-electron chi connectivity index (χ3n) is 5.62. The van der Waals surface area contributed by atoms with Gasteiger partial charge in [-0.25, -0.2) is 19.3 Å². The van der Waals surface area contributed by atoms with Crippen molar-refractivity contribution in [1.29, 1.82) is 0 Å². The van der Waals surface area contributed by atoms with E-state index in [1.807, 2.05) is 19.1 Å². The van der Waals surface area contributed by atoms with Crippen LogP contribution in [0.15, 0.2) is 30.5 Å². The first-order valence-electron chi connectivity index (χ1n) is 10.2. The van der Waals surface area contributed by atoms with Gasteiger partial charge in [-0.2, -0.15) is 0 Å². The summed E-state index contributed by atoms with van der Waals surface area (Å²) in [4.78, 5) is 13.7. The molecule has 0 unspecified atom stereocenters. The van der Waals surface area contributed by atoms with Crippen molar-refractivity contribution in [1.82, 2.24) is 15.0 Å². The Hall–Kier alpha value is -2.84. The topological polar surface area (TPSA) is 66.4 Å². The zero-order chi connectivity index (χ0) is 21.5. The fraction of sp³-hybridized carbons (Fsp3) is 0.348. The fourth-order valence-corrected chi connectivity index (χ4v) is 5.10. The van der Waals surface area contributed by atoms with Crippen molar-refractivity contribution >= 4 is 32.6 Å². The molecule has 2 atom stereocenters. The van der Waals surface area contributed by atoms with Crippen molar-refractivity contribution < 1.29 is 18.6 Å². The van der Waals surface area contributed by atoms with Crippen molar-refractivity contribution in [2.45, 2.75) is 38.4 Å². The summed E-state index contributed by atoms with van der Waals surface area (Å²) in [6.45, 7) is 2.00. The van der Waals surface area contributed by atoms with Gasteiger partial charge in [-0.3, -0.25) is 0 Å². The van der Waals surface area contributed by atoms with E-state index in [4.69, 9.17) is 14.2 Å². The first kappa shape index (κ1) is 20.1. The minimum atomic E-state index is -0.412. The van der Waals surface area contributed by atoms with E-state index in [2.05, 4.69) is 15.0 Å². The standard InChI is InChI=1S/C23H22FN3O3S/c1-12-7-13(22-16(8-12)26-21(29-3)11-25-22)23-27-15-9-14(24)19(10-20(15)31-23)30-18-6-4-5-17(18)28-2/h7-11,17-18H,4-6H2,1-3H3/t17-,18-/m1/s1. The quantitative estimate of drug-likeness (QED) is 0.420. The third kappa shape index (κ3) is 3.70. The van der Waals surface area contributed by atoms with Gasteiger partial charge in [0.15, 0.2) is 11.6 Å². The second kappa shape index (κ2) is 8.01. The summed E-state index contributed by atoms with van der Waals surface area (Å²) in [6.07, 6.45) is 4.28. The van der Waals surface area contributed by atoms with Crippen LogP contribution in [0.25, 0.3) is 31.8 Å². The van der Waals surface area contributed by atoms with Gasteiger partial charge in [0.1, 0.15) is 11.1 Å². The van der Waals surface area contributed by atoms with Gasteiger partial charge in [0.05, 0.1) is 40.7 Å². The maximum Gasteiger partial charge on any atom is 0.232 e. The Labute approximate surface area is 183 Å². The first-order valence-corrected chi connectivity index (χ1v) is 11.0. The predicted molar refractivity (Wildman–Crippen MR) is 118 cm³/mol. The minimum absolute atomic E-state index is 0.00124. The molecule has 4 aromatic rings. The number of methoxy groups -OCH3 is 2. The summed E-state index contributed by atoms with van der Waals surface area (Å²) in [5, 5.41) is 0.760. The summed E-state index contributed by atoms with van der Waals surface area (Å²) < 4.78 is 32.3. The molecule has 1 saturated carbocycles. The molecule has 1 aliphatic carbocycles. The molecule has 1 fully saturated rings. The van der Waals surface area contributed by atoms with Crippen LogP contribution < -0.4 is 9.47 Å². The van der Waals surface area contributed by atoms with E-state index in [9.17, 15) is 4.39 Å². The van der Waals surface area contributed by atoms with E-state index in [1.54, 1.807) is 26.5 Å². The van der Waals surface area contributed by atoms with E-state index in [0.717, 1.165) is 51.1 Å². The van der Waals surface area contributed by atoms with Crippen LogP contribution in [-0.2, 0) is 4.74 Å². The van der Waals surface area contributed by atoms with Crippen LogP contribution in [0.2, 0.25) is 0 Å². The van der Waals surface area contributed by atoms with Crippen molar-refractivity contribution in [2.24, 2.45) is 0 Å². The molecule has 31 heavy (non-hydrogen) atoms. The number of hydrogen-bond donors (Lipinski definition) is 0. The van der Waals surface area contributed by atoms with Gasteiger partial charge in [-0.15, -0.1) is 11.3 Å². The lowest BCUT2D eigenvalue weighted by molar-refractivity contribution is 0.0213. The average molecular weight is 440 g/mol. The highest BCUT2D eigenvalue weighted by Crippen LogP contribution is 2.38. The minimum Gasteiger partial charge on any atom is -0.485 e. The summed E-state index contributed by atoms with van der Waals surface area (Å²) in [5.74, 6) is 0.290. The molecule has 2 aromatic carbocycles. The Morgan fingerprint density at radius 2 is 1.87 bits per heavy atom. The Kier molecular flexibility index (Phi) is 5.19. The summed E-state index contributed by atoms with van der Waals surface area (Å²) in [5.41, 5.74) is 3.96. The fourth-order valence-electron chi connectivity index (χ4n) is 4.10. The molecule has 6 nitrogen and oxygen atoms in total. The molecule has 8 heteroatoms. The van der Waals surface area contributed by atoms with Crippen LogP contribution in [-0.4, -0.2) is 41.4 Å². The molecule has 160 valence electrons. The molecule has 2 aromatic heterocycles. The maximum atomic E-state index is 14.8. The number of rotatable bonds is 5. The van der Waals surface area contributed by atoms with Gasteiger partial charge in [0.25, 0.3) is 0 Å². The van der Waals surface area contributed by atoms with Crippen molar-refractivity contribution in [2.75, 3.05) is 14.2 Å². The zero-order valence-electron chi connectivity index (χ0n) is 17.5. The third-order valence-corrected chi connectivity index (χ3v) is 6.68. The van der Waals surface area contributed by atoms with E-state index in [0.29, 0.717) is 11.4 Å². The zero-order valence-corrected chi connectivity index (χ0v) is 18.3. The van der Waals surface area contributed by atoms with Crippen LogP contribution in [0.5, 0.6) is 11.6 Å². The molecule has 5 rings (SSSR count). The molecule has 0 spiro atoms. The number of benzene rings is 2. The number of aryl methyl sites for hydroxylation is 1. The first-order chi connectivity index (χ1) is 15.1. The maximum absolute atomic E-state index is 14.8. The summed E-state index contributed by atoms with van der Waals surface area (Å²) in [6, 6.07) is 7.16. The molecule has 0 aliphatic heterocycles. The average Bonchev–Trinajstić information content (AvgIpc) is 3.39. The Morgan fingerprint density at radius 3 is 2.68 bits per heavy atom. The number of hydrogen-bond acceptors (Lipinski definition) is 7. The van der Waals surface area contributed by atoms with Crippen LogP contribution in [0.4, 0.5) is 4.39 Å². The predicted octanol–water partition coefficient (Wildman–Crippen LogP) is 5.31. The van der Waals surface area contributed by atoms with E-state index >= 15 is 0 Å². The SMILES string of the molecule is COc1cnc2c(-c3nc4cc(F)c(O[C@@H]5CCC[C@H]5OC)cc4s3)cc(C)cc2n1. The molecule has 1 aliphatic rings. The molecule has 0 radical (unpaired) electrons. The van der Waals surface area contributed by atoms with Gasteiger partial charge < -0.3 is 14.2 Å². The molecule has 2 heterocycles. The summed E-state index contributed by atoms with van der Waals surface area (Å²) >= 11 is 1.48. The number of nitrogens with zero attached hydrogens (tertiary/aromatic N) is 3. The largest absolute Gasteiger partial charge is 0.485 e. The Balaban J connectivity index is 1.56. The molecular weight excluding hydrogens is 417 g/mol. The Bertz CT molecular complexity index is 1280. The van der Waals surface area contributed by atoms with Crippen LogP contribution in [0.1, 0.15) is 24.8 Å². The highest BCUT2D eigenvalue weighted by molar-refractivity contribution is 7.21. The van der Waals surface area contributed by atoms with Crippen LogP contribution in [0.3, 0.4) is 0 Å². The van der Waals surface area contributed by atoms with Gasteiger partial charge >= 0.3 is 0 Å². The lowest BCUT2D eigenvalue weighted by Crippen LogP contribution is -2.27. The summed E-state index contributed by atoms with van der Waals surface area (Å²) in [7, 11) is 3.24. The Morgan fingerprint density at radius 1 is 1.03 bits per heavy atom. The lowest BCUT2D eigenvalue weighted by Gasteiger charge is -2.20. The number of aromatic nitrogens is 3. The number of thiazole rings is 1. The number of fused-ring (bicyclic) bond motifs is 2. The molecule has 0 amide bonds. The highest BCUT2D eigenvalue weighted by atomic mass is 32.1. The van der Waals surface area contributed by atoms with Gasteiger partial charge in [-0.05, 0) is 43.9 Å². The van der Waals surface area contributed by atoms with Crippen molar-refractivity contribution in [3.05, 3.63) is 41.8 Å². The number of halogens is 1. The van der Waals surface area contributed by atoms with E-state index in [1.165, 1.54) is 17.4 Å². The molecule has 0 N–H and O–H groups in total. The van der Waals surface area contributed by atoms with E-state index in [-0.39, 0.29) is 18.0 Å². The lowest BCUT2D eigenvalue weighted by atomic mass is 10.1. The van der Waals surface area contributed by atoms with Crippen molar-refractivity contribution in [3.63, 3.8) is 0 Å². The van der Waals surface area contributed by atoms with Gasteiger partial charge in [-0.1, -0.05) is 0 Å². The van der Waals surface area contributed by atoms with Crippen LogP contribution in [0, 0.1) is 12.7 Å². The monoisotopic (exact) mass is 439 g/mol. The molecular formula is C23H22FN3O3S. The van der Waals surface area contributed by atoms with Crippen LogP contribution >= 0.6 is 11.3 Å². The second-order valence-corrected chi connectivity index (χ2v) is 8.75. The highest BCUT2D eigenvalue weighted by Gasteiger charge is 2.30. The number of ether oxygens (including phenoxy) is 3. The second-order valence-electron chi connectivity index (χ2n) is 7.72. The normalized spacial score (nSPS) is 18.7. The molecule has 0 saturated heterocycles. The smallest absolute Gasteiger partial charge is 0.232 e. The molecule has 0 bridgehead atoms. The van der Waals surface area contributed by atoms with Gasteiger partial charge in [0.2, 0.25) is 5.88 Å².